The lowest BCUT2D eigenvalue weighted by Gasteiger charge is -2.08. The van der Waals surface area contributed by atoms with Gasteiger partial charge in [0.05, 0.1) is 0 Å². The molecule has 5 nitrogen and oxygen atoms in total. The van der Waals surface area contributed by atoms with Crippen LogP contribution in [-0.2, 0) is 16.1 Å². The van der Waals surface area contributed by atoms with Crippen molar-refractivity contribution in [2.24, 2.45) is 0 Å². The zero-order valence-corrected chi connectivity index (χ0v) is 14.2. The Bertz CT molecular complexity index is 682. The van der Waals surface area contributed by atoms with E-state index >= 15 is 0 Å². The van der Waals surface area contributed by atoms with Gasteiger partial charge in [-0.1, -0.05) is 29.3 Å². The van der Waals surface area contributed by atoms with Crippen LogP contribution in [0.25, 0.3) is 0 Å². The summed E-state index contributed by atoms with van der Waals surface area (Å²) in [5.41, 5.74) is 0.514. The molecule has 1 aromatic carbocycles. The number of carbonyl (C=O) groups excluding carboxylic acids is 2. The Morgan fingerprint density at radius 1 is 1.18 bits per heavy atom. The fourth-order valence-corrected chi connectivity index (χ4v) is 2.36. The quantitative estimate of drug-likeness (QED) is 0.766. The maximum absolute atomic E-state index is 11.7. The number of esters is 1. The fraction of sp³-hybridized carbons (Fsp3) is 0.143. The Kier molecular flexibility index (Phi) is 5.88. The summed E-state index contributed by atoms with van der Waals surface area (Å²) in [4.78, 5) is 23.3. The second kappa shape index (κ2) is 7.67. The Hall–Kier alpha value is -1.50. The van der Waals surface area contributed by atoms with Crippen LogP contribution in [0.15, 0.2) is 39.4 Å². The molecule has 0 spiro atoms. The molecule has 1 amide bonds. The number of furan rings is 1. The molecule has 8 heteroatoms. The molecular formula is C14H10BrCl2NO4. The van der Waals surface area contributed by atoms with Crippen molar-refractivity contribution in [3.05, 3.63) is 56.4 Å². The molecule has 0 bridgehead atoms. The normalized spacial score (nSPS) is 10.3. The minimum Gasteiger partial charge on any atom is -0.459 e. The van der Waals surface area contributed by atoms with E-state index in [0.717, 1.165) is 0 Å². The molecular weight excluding hydrogens is 397 g/mol. The number of hydrogen-bond donors (Lipinski definition) is 1. The number of nitrogens with one attached hydrogen (secondary N) is 1. The molecule has 0 saturated carbocycles. The van der Waals surface area contributed by atoms with E-state index in [4.69, 9.17) is 32.4 Å². The van der Waals surface area contributed by atoms with Crippen molar-refractivity contribution in [1.29, 1.82) is 0 Å². The Morgan fingerprint density at radius 3 is 2.45 bits per heavy atom. The van der Waals surface area contributed by atoms with Crippen molar-refractivity contribution in [2.75, 3.05) is 6.54 Å². The first-order valence-corrected chi connectivity index (χ1v) is 7.64. The molecule has 0 radical (unpaired) electrons. The Balaban J connectivity index is 1.82. The number of ether oxygens (including phenoxy) is 1. The van der Waals surface area contributed by atoms with E-state index in [1.807, 2.05) is 0 Å². The van der Waals surface area contributed by atoms with Gasteiger partial charge in [-0.25, -0.2) is 0 Å². The van der Waals surface area contributed by atoms with Gasteiger partial charge in [0, 0.05) is 15.6 Å². The molecule has 0 atom stereocenters. The topological polar surface area (TPSA) is 68.5 Å². The van der Waals surface area contributed by atoms with E-state index in [1.54, 1.807) is 24.3 Å². The Morgan fingerprint density at radius 2 is 1.86 bits per heavy atom. The van der Waals surface area contributed by atoms with Crippen LogP contribution in [-0.4, -0.2) is 18.4 Å². The number of rotatable bonds is 5. The highest BCUT2D eigenvalue weighted by Crippen LogP contribution is 2.24. The summed E-state index contributed by atoms with van der Waals surface area (Å²) in [6.07, 6.45) is 0. The predicted octanol–water partition coefficient (Wildman–Crippen LogP) is 3.82. The van der Waals surface area contributed by atoms with Gasteiger partial charge in [0.15, 0.2) is 10.4 Å². The molecule has 1 heterocycles. The predicted molar refractivity (Wildman–Crippen MR) is 85.0 cm³/mol. The van der Waals surface area contributed by atoms with Crippen molar-refractivity contribution < 1.29 is 18.7 Å². The summed E-state index contributed by atoms with van der Waals surface area (Å²) < 4.78 is 10.5. The van der Waals surface area contributed by atoms with Gasteiger partial charge in [-0.3, -0.25) is 9.59 Å². The summed E-state index contributed by atoms with van der Waals surface area (Å²) >= 11 is 15.0. The minimum absolute atomic E-state index is 0.0699. The van der Waals surface area contributed by atoms with E-state index in [2.05, 4.69) is 21.2 Å². The molecule has 116 valence electrons. The zero-order valence-electron chi connectivity index (χ0n) is 11.1. The largest absolute Gasteiger partial charge is 0.459 e. The van der Waals surface area contributed by atoms with Crippen LogP contribution in [0.5, 0.6) is 0 Å². The van der Waals surface area contributed by atoms with E-state index < -0.39 is 11.9 Å². The zero-order chi connectivity index (χ0) is 16.1. The molecule has 0 saturated heterocycles. The van der Waals surface area contributed by atoms with Crippen molar-refractivity contribution >= 4 is 51.0 Å². The van der Waals surface area contributed by atoms with Crippen LogP contribution in [0.3, 0.4) is 0 Å². The van der Waals surface area contributed by atoms with Crippen LogP contribution < -0.4 is 5.32 Å². The second-order valence-corrected chi connectivity index (χ2v) is 5.74. The lowest BCUT2D eigenvalue weighted by atomic mass is 10.2. The van der Waals surface area contributed by atoms with E-state index in [1.165, 1.54) is 6.07 Å². The molecule has 0 aliphatic heterocycles. The average Bonchev–Trinajstić information content (AvgIpc) is 2.91. The third-order valence-electron chi connectivity index (χ3n) is 2.63. The molecule has 2 aromatic rings. The van der Waals surface area contributed by atoms with Gasteiger partial charge in [0.25, 0.3) is 5.91 Å². The SMILES string of the molecule is O=C(CNC(=O)c1ccc(Br)o1)OCc1c(Cl)cccc1Cl. The van der Waals surface area contributed by atoms with Crippen LogP contribution in [0.1, 0.15) is 16.1 Å². The molecule has 1 N–H and O–H groups in total. The van der Waals surface area contributed by atoms with Crippen molar-refractivity contribution in [3.63, 3.8) is 0 Å². The van der Waals surface area contributed by atoms with Gasteiger partial charge >= 0.3 is 5.97 Å². The molecule has 22 heavy (non-hydrogen) atoms. The van der Waals surface area contributed by atoms with Crippen molar-refractivity contribution in [2.45, 2.75) is 6.61 Å². The summed E-state index contributed by atoms with van der Waals surface area (Å²) in [6.45, 7) is -0.362. The Labute approximate surface area is 144 Å². The number of halogens is 3. The molecule has 0 aliphatic rings. The smallest absolute Gasteiger partial charge is 0.325 e. The van der Waals surface area contributed by atoms with Crippen LogP contribution in [0.4, 0.5) is 0 Å². The molecule has 0 unspecified atom stereocenters. The maximum Gasteiger partial charge on any atom is 0.325 e. The standard InChI is InChI=1S/C14H10BrCl2NO4/c15-12-5-4-11(22-12)14(20)18-6-13(19)21-7-8-9(16)2-1-3-10(8)17/h1-5H,6-7H2,(H,18,20). The number of hydrogen-bond acceptors (Lipinski definition) is 4. The first kappa shape index (κ1) is 16.9. The third-order valence-corrected chi connectivity index (χ3v) is 3.76. The number of benzene rings is 1. The van der Waals surface area contributed by atoms with Gasteiger partial charge in [-0.05, 0) is 40.2 Å². The molecule has 2 rings (SSSR count). The van der Waals surface area contributed by atoms with Gasteiger partial charge in [-0.15, -0.1) is 0 Å². The summed E-state index contributed by atoms with van der Waals surface area (Å²) in [5, 5.41) is 3.20. The first-order valence-electron chi connectivity index (χ1n) is 6.09. The summed E-state index contributed by atoms with van der Waals surface area (Å²) in [6, 6.07) is 8.04. The monoisotopic (exact) mass is 405 g/mol. The van der Waals surface area contributed by atoms with Crippen molar-refractivity contribution in [1.82, 2.24) is 5.32 Å². The van der Waals surface area contributed by atoms with E-state index in [0.29, 0.717) is 20.3 Å². The first-order chi connectivity index (χ1) is 10.5. The van der Waals surface area contributed by atoms with E-state index in [-0.39, 0.29) is 18.9 Å². The van der Waals surface area contributed by atoms with Gasteiger partial charge in [0.1, 0.15) is 13.2 Å². The van der Waals surface area contributed by atoms with Gasteiger partial charge < -0.3 is 14.5 Å². The third kappa shape index (κ3) is 4.50. The van der Waals surface area contributed by atoms with Crippen LogP contribution in [0, 0.1) is 0 Å². The summed E-state index contributed by atoms with van der Waals surface area (Å²) in [5.74, 6) is -1.04. The molecule has 0 aliphatic carbocycles. The highest BCUT2D eigenvalue weighted by atomic mass is 79.9. The number of carbonyl (C=O) groups is 2. The lowest BCUT2D eigenvalue weighted by molar-refractivity contribution is -0.143. The van der Waals surface area contributed by atoms with Crippen molar-refractivity contribution in [3.8, 4) is 0 Å². The lowest BCUT2D eigenvalue weighted by Crippen LogP contribution is -2.30. The highest BCUT2D eigenvalue weighted by Gasteiger charge is 2.13. The molecule has 0 fully saturated rings. The fourth-order valence-electron chi connectivity index (χ4n) is 1.55. The van der Waals surface area contributed by atoms with E-state index in [9.17, 15) is 9.59 Å². The highest BCUT2D eigenvalue weighted by molar-refractivity contribution is 9.10. The van der Waals surface area contributed by atoms with Gasteiger partial charge in [0.2, 0.25) is 0 Å². The average molecular weight is 407 g/mol. The van der Waals surface area contributed by atoms with Crippen LogP contribution >= 0.6 is 39.1 Å². The maximum atomic E-state index is 11.7. The van der Waals surface area contributed by atoms with Gasteiger partial charge in [-0.2, -0.15) is 0 Å². The molecule has 1 aromatic heterocycles. The second-order valence-electron chi connectivity index (χ2n) is 4.15. The minimum atomic E-state index is -0.616. The number of amides is 1. The summed E-state index contributed by atoms with van der Waals surface area (Å²) in [7, 11) is 0. The van der Waals surface area contributed by atoms with Crippen LogP contribution in [0.2, 0.25) is 10.0 Å².